The Morgan fingerprint density at radius 1 is 1.00 bits per heavy atom. The van der Waals surface area contributed by atoms with Crippen molar-refractivity contribution in [1.29, 1.82) is 0 Å². The van der Waals surface area contributed by atoms with Crippen molar-refractivity contribution in [2.45, 2.75) is 25.8 Å². The van der Waals surface area contributed by atoms with Crippen LogP contribution >= 0.6 is 0 Å². The molecule has 1 saturated heterocycles. The molecular weight excluding hydrogens is 445 g/mol. The first-order chi connectivity index (χ1) is 17.1. The summed E-state index contributed by atoms with van der Waals surface area (Å²) in [5.74, 6) is -0.537. The van der Waals surface area contributed by atoms with Crippen LogP contribution in [0.15, 0.2) is 66.9 Å². The summed E-state index contributed by atoms with van der Waals surface area (Å²) >= 11 is 0. The van der Waals surface area contributed by atoms with Gasteiger partial charge in [-0.2, -0.15) is 5.10 Å². The number of rotatable bonds is 7. The van der Waals surface area contributed by atoms with Crippen LogP contribution in [0.5, 0.6) is 0 Å². The van der Waals surface area contributed by atoms with Crippen LogP contribution < -0.4 is 5.32 Å². The molecule has 178 valence electrons. The summed E-state index contributed by atoms with van der Waals surface area (Å²) in [5, 5.41) is 7.94. The monoisotopic (exact) mass is 471 g/mol. The highest BCUT2D eigenvalue weighted by Crippen LogP contribution is 2.25. The second-order valence-electron chi connectivity index (χ2n) is 8.68. The number of likely N-dealkylation sites (tertiary alicyclic amines) is 1. The summed E-state index contributed by atoms with van der Waals surface area (Å²) in [5.41, 5.74) is 3.22. The van der Waals surface area contributed by atoms with Crippen LogP contribution in [0.4, 0.5) is 4.39 Å². The molecule has 1 aliphatic heterocycles. The highest BCUT2D eigenvalue weighted by molar-refractivity contribution is 6.06. The SMILES string of the molecule is O=C(NCCC(=O)N1CCCC1)c1cc(-c2ccccc2)nc2c1cnn2Cc1cccc(F)c1. The maximum Gasteiger partial charge on any atom is 0.252 e. The van der Waals surface area contributed by atoms with E-state index in [1.165, 1.54) is 12.1 Å². The number of amides is 2. The van der Waals surface area contributed by atoms with Gasteiger partial charge >= 0.3 is 0 Å². The number of hydrogen-bond acceptors (Lipinski definition) is 4. The summed E-state index contributed by atoms with van der Waals surface area (Å²) in [6.45, 7) is 2.17. The zero-order valence-corrected chi connectivity index (χ0v) is 19.3. The first kappa shape index (κ1) is 22.7. The van der Waals surface area contributed by atoms with Crippen molar-refractivity contribution in [3.63, 3.8) is 0 Å². The number of aromatic nitrogens is 3. The topological polar surface area (TPSA) is 80.1 Å². The molecule has 7 nitrogen and oxygen atoms in total. The average molecular weight is 472 g/mol. The molecule has 0 radical (unpaired) electrons. The minimum atomic E-state index is -0.319. The summed E-state index contributed by atoms with van der Waals surface area (Å²) < 4.78 is 15.4. The molecule has 8 heteroatoms. The van der Waals surface area contributed by atoms with Crippen LogP contribution in [-0.4, -0.2) is 51.1 Å². The Kier molecular flexibility index (Phi) is 6.52. The molecule has 2 aromatic carbocycles. The smallest absolute Gasteiger partial charge is 0.252 e. The zero-order chi connectivity index (χ0) is 24.2. The fraction of sp³-hybridized carbons (Fsp3) is 0.259. The molecule has 0 bridgehead atoms. The Labute approximate surface area is 202 Å². The van der Waals surface area contributed by atoms with E-state index in [0.29, 0.717) is 28.8 Å². The predicted octanol–water partition coefficient (Wildman–Crippen LogP) is 4.03. The lowest BCUT2D eigenvalue weighted by molar-refractivity contribution is -0.129. The number of fused-ring (bicyclic) bond motifs is 1. The molecule has 0 atom stereocenters. The largest absolute Gasteiger partial charge is 0.351 e. The van der Waals surface area contributed by atoms with E-state index in [1.807, 2.05) is 41.3 Å². The van der Waals surface area contributed by atoms with Gasteiger partial charge < -0.3 is 10.2 Å². The predicted molar refractivity (Wildman–Crippen MR) is 131 cm³/mol. The third-order valence-electron chi connectivity index (χ3n) is 6.23. The van der Waals surface area contributed by atoms with Crippen LogP contribution in [0.3, 0.4) is 0 Å². The van der Waals surface area contributed by atoms with E-state index in [-0.39, 0.29) is 30.6 Å². The molecular formula is C27H26FN5O2. The van der Waals surface area contributed by atoms with Gasteiger partial charge in [0.15, 0.2) is 5.65 Å². The quantitative estimate of drug-likeness (QED) is 0.441. The van der Waals surface area contributed by atoms with Gasteiger partial charge in [0.25, 0.3) is 5.91 Å². The number of pyridine rings is 1. The van der Waals surface area contributed by atoms with Crippen molar-refractivity contribution >= 4 is 22.8 Å². The fourth-order valence-electron chi connectivity index (χ4n) is 4.42. The van der Waals surface area contributed by atoms with Gasteiger partial charge in [-0.05, 0) is 36.6 Å². The van der Waals surface area contributed by atoms with Gasteiger partial charge in [0.1, 0.15) is 5.82 Å². The average Bonchev–Trinajstić information content (AvgIpc) is 3.55. The highest BCUT2D eigenvalue weighted by atomic mass is 19.1. The molecule has 0 aliphatic carbocycles. The second-order valence-corrected chi connectivity index (χ2v) is 8.68. The summed E-state index contributed by atoms with van der Waals surface area (Å²) in [7, 11) is 0. The Balaban J connectivity index is 1.44. The van der Waals surface area contributed by atoms with Crippen LogP contribution in [0.1, 0.15) is 35.2 Å². The van der Waals surface area contributed by atoms with Crippen molar-refractivity contribution in [2.75, 3.05) is 19.6 Å². The Bertz CT molecular complexity index is 1360. The normalized spacial score (nSPS) is 13.3. The van der Waals surface area contributed by atoms with Crippen molar-refractivity contribution in [3.8, 4) is 11.3 Å². The Morgan fingerprint density at radius 3 is 2.57 bits per heavy atom. The van der Waals surface area contributed by atoms with Crippen molar-refractivity contribution < 1.29 is 14.0 Å². The minimum Gasteiger partial charge on any atom is -0.351 e. The minimum absolute atomic E-state index is 0.0653. The van der Waals surface area contributed by atoms with Crippen molar-refractivity contribution in [1.82, 2.24) is 25.0 Å². The molecule has 5 rings (SSSR count). The lowest BCUT2D eigenvalue weighted by Crippen LogP contribution is -2.32. The van der Waals surface area contributed by atoms with Crippen LogP contribution in [0, 0.1) is 5.82 Å². The van der Waals surface area contributed by atoms with Gasteiger partial charge in [0.2, 0.25) is 5.91 Å². The van der Waals surface area contributed by atoms with Gasteiger partial charge in [-0.1, -0.05) is 42.5 Å². The number of nitrogens with zero attached hydrogens (tertiary/aromatic N) is 4. The molecule has 3 heterocycles. The van der Waals surface area contributed by atoms with E-state index in [4.69, 9.17) is 4.98 Å². The van der Waals surface area contributed by atoms with E-state index >= 15 is 0 Å². The molecule has 1 fully saturated rings. The third kappa shape index (κ3) is 5.06. The lowest BCUT2D eigenvalue weighted by Gasteiger charge is -2.15. The number of nitrogens with one attached hydrogen (secondary N) is 1. The third-order valence-corrected chi connectivity index (χ3v) is 6.23. The second kappa shape index (κ2) is 10.0. The number of benzene rings is 2. The van der Waals surface area contributed by atoms with E-state index in [9.17, 15) is 14.0 Å². The first-order valence-electron chi connectivity index (χ1n) is 11.8. The van der Waals surface area contributed by atoms with Crippen molar-refractivity contribution in [3.05, 3.63) is 83.8 Å². The number of halogens is 1. The van der Waals surface area contributed by atoms with Gasteiger partial charge in [0.05, 0.1) is 29.4 Å². The van der Waals surface area contributed by atoms with E-state index < -0.39 is 0 Å². The molecule has 1 aliphatic rings. The standard InChI is InChI=1S/C27H26FN5O2/c28-21-10-6-7-19(15-21)18-33-26-23(17-30-33)22(16-24(31-26)20-8-2-1-3-9-20)27(35)29-12-11-25(34)32-13-4-5-14-32/h1-3,6-10,15-17H,4-5,11-14,18H2,(H,29,35). The molecule has 35 heavy (non-hydrogen) atoms. The maximum absolute atomic E-state index is 13.7. The summed E-state index contributed by atoms with van der Waals surface area (Å²) in [6, 6.07) is 17.7. The number of carbonyl (C=O) groups excluding carboxylic acids is 2. The van der Waals surface area contributed by atoms with Crippen molar-refractivity contribution in [2.24, 2.45) is 0 Å². The lowest BCUT2D eigenvalue weighted by atomic mass is 10.1. The van der Waals surface area contributed by atoms with Gasteiger partial charge in [0, 0.05) is 31.6 Å². The van der Waals surface area contributed by atoms with E-state index in [2.05, 4.69) is 10.4 Å². The molecule has 0 unspecified atom stereocenters. The number of carbonyl (C=O) groups is 2. The zero-order valence-electron chi connectivity index (χ0n) is 19.3. The number of hydrogen-bond donors (Lipinski definition) is 1. The summed E-state index contributed by atoms with van der Waals surface area (Å²) in [6.07, 6.45) is 3.95. The van der Waals surface area contributed by atoms with E-state index in [1.54, 1.807) is 23.0 Å². The van der Waals surface area contributed by atoms with Gasteiger partial charge in [-0.15, -0.1) is 0 Å². The molecule has 1 N–H and O–H groups in total. The molecule has 2 aromatic heterocycles. The molecule has 0 saturated carbocycles. The Hall–Kier alpha value is -4.07. The molecule has 2 amide bonds. The van der Waals surface area contributed by atoms with Gasteiger partial charge in [-0.3, -0.25) is 9.59 Å². The highest BCUT2D eigenvalue weighted by Gasteiger charge is 2.20. The maximum atomic E-state index is 13.7. The fourth-order valence-corrected chi connectivity index (χ4v) is 4.42. The van der Waals surface area contributed by atoms with E-state index in [0.717, 1.165) is 37.1 Å². The van der Waals surface area contributed by atoms with Crippen LogP contribution in [0.25, 0.3) is 22.3 Å². The van der Waals surface area contributed by atoms with Crippen LogP contribution in [0.2, 0.25) is 0 Å². The molecule has 4 aromatic rings. The van der Waals surface area contributed by atoms with Crippen LogP contribution in [-0.2, 0) is 11.3 Å². The molecule has 0 spiro atoms. The first-order valence-corrected chi connectivity index (χ1v) is 11.8. The Morgan fingerprint density at radius 2 is 1.80 bits per heavy atom. The van der Waals surface area contributed by atoms with Gasteiger partial charge in [-0.25, -0.2) is 14.1 Å². The summed E-state index contributed by atoms with van der Waals surface area (Å²) in [4.78, 5) is 32.2.